The maximum absolute atomic E-state index is 11.7. The molecule has 0 radical (unpaired) electrons. The summed E-state index contributed by atoms with van der Waals surface area (Å²) >= 11 is 0. The molecule has 0 atom stereocenters. The highest BCUT2D eigenvalue weighted by atomic mass is 16.6. The van der Waals surface area contributed by atoms with Gasteiger partial charge in [0.05, 0.1) is 6.42 Å². The summed E-state index contributed by atoms with van der Waals surface area (Å²) in [4.78, 5) is 23.1. The second kappa shape index (κ2) is 4.79. The summed E-state index contributed by atoms with van der Waals surface area (Å²) in [6.07, 6.45) is 6.35. The van der Waals surface area contributed by atoms with Crippen molar-refractivity contribution in [3.63, 3.8) is 0 Å². The van der Waals surface area contributed by atoms with Crippen molar-refractivity contribution in [1.82, 2.24) is 5.32 Å². The van der Waals surface area contributed by atoms with Crippen molar-refractivity contribution in [2.45, 2.75) is 45.6 Å². The predicted molar refractivity (Wildman–Crippen MR) is 64.4 cm³/mol. The van der Waals surface area contributed by atoms with Crippen LogP contribution in [0.15, 0.2) is 0 Å². The van der Waals surface area contributed by atoms with Crippen LogP contribution in [0.1, 0.15) is 40.0 Å². The first-order chi connectivity index (χ1) is 7.79. The summed E-state index contributed by atoms with van der Waals surface area (Å²) in [7, 11) is 0. The number of terminal acetylenes is 1. The van der Waals surface area contributed by atoms with E-state index in [4.69, 9.17) is 11.2 Å². The van der Waals surface area contributed by atoms with Gasteiger partial charge in [0.25, 0.3) is 0 Å². The van der Waals surface area contributed by atoms with Crippen LogP contribution in [0.25, 0.3) is 0 Å². The summed E-state index contributed by atoms with van der Waals surface area (Å²) in [6, 6.07) is 0. The van der Waals surface area contributed by atoms with E-state index in [-0.39, 0.29) is 12.2 Å². The molecule has 0 aromatic heterocycles. The third-order valence-electron chi connectivity index (χ3n) is 2.68. The van der Waals surface area contributed by atoms with Crippen molar-refractivity contribution in [2.24, 2.45) is 5.41 Å². The van der Waals surface area contributed by atoms with Gasteiger partial charge in [-0.25, -0.2) is 4.79 Å². The molecule has 1 amide bonds. The van der Waals surface area contributed by atoms with E-state index in [2.05, 4.69) is 11.2 Å². The number of rotatable bonds is 4. The van der Waals surface area contributed by atoms with E-state index < -0.39 is 17.1 Å². The number of Topliss-reactive ketones (excluding diaryl/α,β-unsaturated/α-hetero) is 1. The fraction of sp³-hybridized carbons (Fsp3) is 0.692. The largest absolute Gasteiger partial charge is 0.444 e. The van der Waals surface area contributed by atoms with Gasteiger partial charge in [0.2, 0.25) is 0 Å². The number of ether oxygens (including phenoxy) is 1. The summed E-state index contributed by atoms with van der Waals surface area (Å²) in [6.45, 7) is 5.71. The Morgan fingerprint density at radius 1 is 1.41 bits per heavy atom. The molecular formula is C13H19NO3. The van der Waals surface area contributed by atoms with Crippen molar-refractivity contribution in [3.8, 4) is 12.3 Å². The van der Waals surface area contributed by atoms with E-state index in [1.807, 2.05) is 0 Å². The average molecular weight is 237 g/mol. The smallest absolute Gasteiger partial charge is 0.407 e. The molecule has 0 heterocycles. The number of hydrogen-bond acceptors (Lipinski definition) is 3. The van der Waals surface area contributed by atoms with Crippen molar-refractivity contribution >= 4 is 11.9 Å². The standard InChI is InChI=1S/C13H19NO3/c1-5-6-10(15)13(7-8-13)9-14-11(16)17-12(2,3)4/h1H,6-9H2,2-4H3,(H,14,16). The number of hydrogen-bond donors (Lipinski definition) is 1. The van der Waals surface area contributed by atoms with E-state index in [0.717, 1.165) is 12.8 Å². The average Bonchev–Trinajstić information content (AvgIpc) is 2.93. The zero-order valence-electron chi connectivity index (χ0n) is 10.6. The molecule has 17 heavy (non-hydrogen) atoms. The normalized spacial score (nSPS) is 16.8. The zero-order valence-corrected chi connectivity index (χ0v) is 10.6. The van der Waals surface area contributed by atoms with Crippen LogP contribution in [0.2, 0.25) is 0 Å². The molecule has 1 saturated carbocycles. The Morgan fingerprint density at radius 3 is 2.41 bits per heavy atom. The highest BCUT2D eigenvalue weighted by molar-refractivity contribution is 5.89. The molecule has 1 rings (SSSR count). The molecule has 0 aromatic rings. The number of carbonyl (C=O) groups is 2. The SMILES string of the molecule is C#CCC(=O)C1(CNC(=O)OC(C)(C)C)CC1. The van der Waals surface area contributed by atoms with Gasteiger partial charge in [0, 0.05) is 12.0 Å². The Kier molecular flexibility index (Phi) is 3.82. The van der Waals surface area contributed by atoms with E-state index in [0.29, 0.717) is 6.54 Å². The van der Waals surface area contributed by atoms with Crippen molar-refractivity contribution in [3.05, 3.63) is 0 Å². The van der Waals surface area contributed by atoms with Crippen molar-refractivity contribution < 1.29 is 14.3 Å². The van der Waals surface area contributed by atoms with Crippen LogP contribution in [-0.2, 0) is 9.53 Å². The molecule has 4 nitrogen and oxygen atoms in total. The molecule has 1 N–H and O–H groups in total. The second-order valence-electron chi connectivity index (χ2n) is 5.44. The Morgan fingerprint density at radius 2 is 2.00 bits per heavy atom. The maximum atomic E-state index is 11.7. The molecule has 0 unspecified atom stereocenters. The lowest BCUT2D eigenvalue weighted by molar-refractivity contribution is -0.122. The highest BCUT2D eigenvalue weighted by Gasteiger charge is 2.48. The highest BCUT2D eigenvalue weighted by Crippen LogP contribution is 2.46. The van der Waals surface area contributed by atoms with Gasteiger partial charge < -0.3 is 10.1 Å². The zero-order chi connectivity index (χ0) is 13.1. The van der Waals surface area contributed by atoms with Crippen molar-refractivity contribution in [2.75, 3.05) is 6.54 Å². The van der Waals surface area contributed by atoms with Crippen LogP contribution in [0.3, 0.4) is 0 Å². The van der Waals surface area contributed by atoms with Gasteiger partial charge in [-0.1, -0.05) is 5.92 Å². The number of nitrogens with one attached hydrogen (secondary N) is 1. The van der Waals surface area contributed by atoms with E-state index in [1.54, 1.807) is 20.8 Å². The van der Waals surface area contributed by atoms with Gasteiger partial charge in [0.15, 0.2) is 5.78 Å². The molecule has 0 aliphatic heterocycles. The van der Waals surface area contributed by atoms with Crippen molar-refractivity contribution in [1.29, 1.82) is 0 Å². The lowest BCUT2D eigenvalue weighted by Gasteiger charge is -2.21. The molecule has 1 aliphatic rings. The lowest BCUT2D eigenvalue weighted by Crippen LogP contribution is -2.38. The van der Waals surface area contributed by atoms with Gasteiger partial charge in [-0.15, -0.1) is 6.42 Å². The topological polar surface area (TPSA) is 55.4 Å². The molecule has 1 aliphatic carbocycles. The van der Waals surface area contributed by atoms with E-state index >= 15 is 0 Å². The maximum Gasteiger partial charge on any atom is 0.407 e. The summed E-state index contributed by atoms with van der Waals surface area (Å²) in [5.74, 6) is 2.38. The Bertz CT molecular complexity index is 356. The Balaban J connectivity index is 2.39. The first kappa shape index (κ1) is 13.6. The number of amides is 1. The molecule has 0 aromatic carbocycles. The van der Waals surface area contributed by atoms with Gasteiger partial charge >= 0.3 is 6.09 Å². The number of ketones is 1. The van der Waals surface area contributed by atoms with Crippen LogP contribution >= 0.6 is 0 Å². The second-order valence-corrected chi connectivity index (χ2v) is 5.44. The summed E-state index contributed by atoms with van der Waals surface area (Å²) in [5.41, 5.74) is -0.951. The van der Waals surface area contributed by atoms with Gasteiger partial charge in [-0.2, -0.15) is 0 Å². The van der Waals surface area contributed by atoms with Crippen LogP contribution in [0.4, 0.5) is 4.79 Å². The molecule has 94 valence electrons. The fourth-order valence-corrected chi connectivity index (χ4v) is 1.54. The first-order valence-corrected chi connectivity index (χ1v) is 5.73. The van der Waals surface area contributed by atoms with Gasteiger partial charge in [-0.05, 0) is 33.6 Å². The fourth-order valence-electron chi connectivity index (χ4n) is 1.54. The molecule has 0 bridgehead atoms. The van der Waals surface area contributed by atoms with Crippen LogP contribution < -0.4 is 5.32 Å². The minimum absolute atomic E-state index is 0.0380. The summed E-state index contributed by atoms with van der Waals surface area (Å²) < 4.78 is 5.10. The van der Waals surface area contributed by atoms with E-state index in [1.165, 1.54) is 0 Å². The molecule has 0 saturated heterocycles. The minimum atomic E-state index is -0.524. The minimum Gasteiger partial charge on any atom is -0.444 e. The van der Waals surface area contributed by atoms with Gasteiger partial charge in [-0.3, -0.25) is 4.79 Å². The van der Waals surface area contributed by atoms with Crippen LogP contribution in [-0.4, -0.2) is 24.0 Å². The quantitative estimate of drug-likeness (QED) is 0.759. The Labute approximate surface area is 102 Å². The predicted octanol–water partition coefficient (Wildman–Crippen LogP) is 1.88. The lowest BCUT2D eigenvalue weighted by atomic mass is 9.99. The van der Waals surface area contributed by atoms with Gasteiger partial charge in [0.1, 0.15) is 5.60 Å². The number of alkyl carbamates (subject to hydrolysis) is 1. The third-order valence-corrected chi connectivity index (χ3v) is 2.68. The third kappa shape index (κ3) is 4.10. The molecule has 4 heteroatoms. The Hall–Kier alpha value is -1.50. The van der Waals surface area contributed by atoms with Crippen LogP contribution in [0.5, 0.6) is 0 Å². The summed E-state index contributed by atoms with van der Waals surface area (Å²) in [5, 5.41) is 2.63. The van der Waals surface area contributed by atoms with Crippen LogP contribution in [0, 0.1) is 17.8 Å². The molecule has 0 spiro atoms. The molecular weight excluding hydrogens is 218 g/mol. The first-order valence-electron chi connectivity index (χ1n) is 5.73. The van der Waals surface area contributed by atoms with E-state index in [9.17, 15) is 9.59 Å². The number of carbonyl (C=O) groups excluding carboxylic acids is 2. The molecule has 1 fully saturated rings. The monoisotopic (exact) mass is 237 g/mol.